The molecule has 1 amide bonds. The molecule has 0 aromatic heterocycles. The number of hydrogen-bond acceptors (Lipinski definition) is 4. The van der Waals surface area contributed by atoms with Gasteiger partial charge in [0.2, 0.25) is 5.91 Å². The molecule has 5 heteroatoms. The summed E-state index contributed by atoms with van der Waals surface area (Å²) in [6.07, 6.45) is 0.469. The summed E-state index contributed by atoms with van der Waals surface area (Å²) in [6.45, 7) is 6.87. The molecule has 2 rings (SSSR count). The highest BCUT2D eigenvalue weighted by atomic mass is 16.5. The van der Waals surface area contributed by atoms with E-state index in [0.29, 0.717) is 19.6 Å². The van der Waals surface area contributed by atoms with E-state index in [2.05, 4.69) is 10.2 Å². The quantitative estimate of drug-likeness (QED) is 0.815. The van der Waals surface area contributed by atoms with Gasteiger partial charge in [0.15, 0.2) is 0 Å². The molecule has 0 bridgehead atoms. The van der Waals surface area contributed by atoms with Crippen LogP contribution in [-0.4, -0.2) is 32.2 Å². The lowest BCUT2D eigenvalue weighted by atomic mass is 10.1. The molecular weight excluding hydrogens is 242 g/mol. The first-order valence-electron chi connectivity index (χ1n) is 6.64. The van der Waals surface area contributed by atoms with E-state index < -0.39 is 0 Å². The largest absolute Gasteiger partial charge is 0.397 e. The van der Waals surface area contributed by atoms with Crippen molar-refractivity contribution in [3.05, 3.63) is 17.7 Å². The number of anilines is 3. The molecule has 1 fully saturated rings. The minimum Gasteiger partial charge on any atom is -0.397 e. The molecule has 19 heavy (non-hydrogen) atoms. The summed E-state index contributed by atoms with van der Waals surface area (Å²) in [5, 5.41) is 2.91. The van der Waals surface area contributed by atoms with Crippen LogP contribution in [0.2, 0.25) is 0 Å². The maximum Gasteiger partial charge on any atom is 0.224 e. The number of aryl methyl sites for hydroxylation is 1. The second-order valence-corrected chi connectivity index (χ2v) is 4.73. The Morgan fingerprint density at radius 3 is 2.74 bits per heavy atom. The van der Waals surface area contributed by atoms with Crippen molar-refractivity contribution >= 4 is 23.0 Å². The Kier molecular flexibility index (Phi) is 4.27. The predicted molar refractivity (Wildman–Crippen MR) is 77.5 cm³/mol. The van der Waals surface area contributed by atoms with Crippen LogP contribution in [0.15, 0.2) is 12.1 Å². The zero-order chi connectivity index (χ0) is 13.8. The number of nitrogens with two attached hydrogens (primary N) is 1. The van der Waals surface area contributed by atoms with Crippen molar-refractivity contribution in [2.75, 3.05) is 42.3 Å². The molecule has 1 aliphatic heterocycles. The van der Waals surface area contributed by atoms with Crippen LogP contribution in [0.25, 0.3) is 0 Å². The van der Waals surface area contributed by atoms with E-state index in [9.17, 15) is 4.79 Å². The fourth-order valence-corrected chi connectivity index (χ4v) is 2.17. The molecule has 0 saturated carbocycles. The van der Waals surface area contributed by atoms with Crippen LogP contribution in [0.5, 0.6) is 0 Å². The van der Waals surface area contributed by atoms with Gasteiger partial charge in [0.1, 0.15) is 0 Å². The number of morpholine rings is 1. The van der Waals surface area contributed by atoms with Crippen molar-refractivity contribution in [2.24, 2.45) is 0 Å². The summed E-state index contributed by atoms with van der Waals surface area (Å²) >= 11 is 0. The molecule has 104 valence electrons. The van der Waals surface area contributed by atoms with E-state index >= 15 is 0 Å². The topological polar surface area (TPSA) is 67.6 Å². The highest BCUT2D eigenvalue weighted by Gasteiger charge is 2.16. The van der Waals surface area contributed by atoms with Crippen molar-refractivity contribution < 1.29 is 9.53 Å². The molecule has 0 aliphatic carbocycles. The molecule has 0 unspecified atom stereocenters. The number of amides is 1. The fourth-order valence-electron chi connectivity index (χ4n) is 2.17. The Morgan fingerprint density at radius 1 is 1.42 bits per heavy atom. The molecule has 0 atom stereocenters. The van der Waals surface area contributed by atoms with Gasteiger partial charge in [-0.1, -0.05) is 6.92 Å². The second-order valence-electron chi connectivity index (χ2n) is 4.73. The predicted octanol–water partition coefficient (Wildman–Crippen LogP) is 1.76. The summed E-state index contributed by atoms with van der Waals surface area (Å²) in [5.41, 5.74) is 9.62. The van der Waals surface area contributed by atoms with Crippen molar-refractivity contribution in [3.63, 3.8) is 0 Å². The lowest BCUT2D eigenvalue weighted by Crippen LogP contribution is -2.36. The smallest absolute Gasteiger partial charge is 0.224 e. The summed E-state index contributed by atoms with van der Waals surface area (Å²) in [5.74, 6) is 0.0146. The van der Waals surface area contributed by atoms with E-state index in [-0.39, 0.29) is 5.91 Å². The minimum atomic E-state index is 0.0146. The van der Waals surface area contributed by atoms with Gasteiger partial charge >= 0.3 is 0 Å². The first-order chi connectivity index (χ1) is 9.11. The van der Waals surface area contributed by atoms with Crippen molar-refractivity contribution in [1.29, 1.82) is 0 Å². The monoisotopic (exact) mass is 263 g/mol. The van der Waals surface area contributed by atoms with E-state index in [1.54, 1.807) is 0 Å². The zero-order valence-corrected chi connectivity index (χ0v) is 11.5. The van der Waals surface area contributed by atoms with E-state index in [1.807, 2.05) is 26.0 Å². The van der Waals surface area contributed by atoms with Gasteiger partial charge in [0.25, 0.3) is 0 Å². The molecule has 3 N–H and O–H groups in total. The van der Waals surface area contributed by atoms with Crippen LogP contribution in [0, 0.1) is 6.92 Å². The molecular formula is C14H21N3O2. The SMILES string of the molecule is CCC(=O)Nc1cc(N2CCOCC2)c(N)cc1C. The van der Waals surface area contributed by atoms with Gasteiger partial charge in [-0.25, -0.2) is 0 Å². The van der Waals surface area contributed by atoms with Gasteiger partial charge in [-0.3, -0.25) is 4.79 Å². The number of nitrogens with one attached hydrogen (secondary N) is 1. The average molecular weight is 263 g/mol. The van der Waals surface area contributed by atoms with E-state index in [4.69, 9.17) is 10.5 Å². The highest BCUT2D eigenvalue weighted by Crippen LogP contribution is 2.30. The Bertz CT molecular complexity index is 468. The van der Waals surface area contributed by atoms with Crippen LogP contribution in [0.1, 0.15) is 18.9 Å². The number of carbonyl (C=O) groups excluding carboxylic acids is 1. The fraction of sp³-hybridized carbons (Fsp3) is 0.500. The molecule has 0 radical (unpaired) electrons. The Labute approximate surface area is 113 Å². The maximum absolute atomic E-state index is 11.5. The first kappa shape index (κ1) is 13.7. The first-order valence-corrected chi connectivity index (χ1v) is 6.64. The number of hydrogen-bond donors (Lipinski definition) is 2. The van der Waals surface area contributed by atoms with Gasteiger partial charge in [0.05, 0.1) is 24.6 Å². The van der Waals surface area contributed by atoms with Crippen LogP contribution in [0.4, 0.5) is 17.1 Å². The molecule has 0 spiro atoms. The lowest BCUT2D eigenvalue weighted by molar-refractivity contribution is -0.115. The van der Waals surface area contributed by atoms with Crippen molar-refractivity contribution in [1.82, 2.24) is 0 Å². The van der Waals surface area contributed by atoms with E-state index in [1.165, 1.54) is 0 Å². The highest BCUT2D eigenvalue weighted by molar-refractivity contribution is 5.93. The van der Waals surface area contributed by atoms with Gasteiger partial charge in [-0.2, -0.15) is 0 Å². The van der Waals surface area contributed by atoms with Crippen LogP contribution < -0.4 is 16.0 Å². The Hall–Kier alpha value is -1.75. The number of carbonyl (C=O) groups is 1. The van der Waals surface area contributed by atoms with Gasteiger partial charge < -0.3 is 20.7 Å². The van der Waals surface area contributed by atoms with Gasteiger partial charge in [-0.05, 0) is 24.6 Å². The summed E-state index contributed by atoms with van der Waals surface area (Å²) in [6, 6.07) is 3.87. The number of rotatable bonds is 3. The lowest BCUT2D eigenvalue weighted by Gasteiger charge is -2.30. The standard InChI is InChI=1S/C14H21N3O2/c1-3-14(18)16-12-9-13(11(15)8-10(12)2)17-4-6-19-7-5-17/h8-9H,3-7,15H2,1-2H3,(H,16,18). The third kappa shape index (κ3) is 3.17. The molecule has 1 aliphatic rings. The van der Waals surface area contributed by atoms with Crippen molar-refractivity contribution in [2.45, 2.75) is 20.3 Å². The third-order valence-corrected chi connectivity index (χ3v) is 3.32. The number of nitrogens with zero attached hydrogens (tertiary/aromatic N) is 1. The van der Waals surface area contributed by atoms with Crippen LogP contribution in [0.3, 0.4) is 0 Å². The number of benzene rings is 1. The number of nitrogen functional groups attached to an aromatic ring is 1. The summed E-state index contributed by atoms with van der Waals surface area (Å²) in [4.78, 5) is 13.7. The zero-order valence-electron chi connectivity index (χ0n) is 11.5. The summed E-state index contributed by atoms with van der Waals surface area (Å²) < 4.78 is 5.34. The molecule has 5 nitrogen and oxygen atoms in total. The Balaban J connectivity index is 2.27. The average Bonchev–Trinajstić information content (AvgIpc) is 2.42. The third-order valence-electron chi connectivity index (χ3n) is 3.32. The summed E-state index contributed by atoms with van der Waals surface area (Å²) in [7, 11) is 0. The maximum atomic E-state index is 11.5. The second kappa shape index (κ2) is 5.93. The van der Waals surface area contributed by atoms with Crippen LogP contribution >= 0.6 is 0 Å². The molecule has 1 heterocycles. The molecule has 1 aromatic carbocycles. The van der Waals surface area contributed by atoms with E-state index in [0.717, 1.165) is 35.7 Å². The number of ether oxygens (including phenoxy) is 1. The van der Waals surface area contributed by atoms with Gasteiger partial charge in [-0.15, -0.1) is 0 Å². The minimum absolute atomic E-state index is 0.0146. The Morgan fingerprint density at radius 2 is 2.11 bits per heavy atom. The normalized spacial score (nSPS) is 15.4. The van der Waals surface area contributed by atoms with Crippen LogP contribution in [-0.2, 0) is 9.53 Å². The molecule has 1 aromatic rings. The molecule has 1 saturated heterocycles. The van der Waals surface area contributed by atoms with Crippen molar-refractivity contribution in [3.8, 4) is 0 Å². The van der Waals surface area contributed by atoms with Gasteiger partial charge in [0, 0.05) is 25.2 Å².